The van der Waals surface area contributed by atoms with Crippen molar-refractivity contribution in [2.75, 3.05) is 19.1 Å². The number of imide groups is 1. The van der Waals surface area contributed by atoms with E-state index in [2.05, 4.69) is 15.0 Å². The Morgan fingerprint density at radius 2 is 1.77 bits per heavy atom. The average molecular weight is 403 g/mol. The van der Waals surface area contributed by atoms with Crippen molar-refractivity contribution in [3.05, 3.63) is 28.2 Å². The fourth-order valence-electron chi connectivity index (χ4n) is 3.04. The molecule has 2 aliphatic rings. The second-order valence-corrected chi connectivity index (χ2v) is 6.36. The maximum absolute atomic E-state index is 13.0. The number of nitrogens with zero attached hydrogens (tertiary/aromatic N) is 1. The first-order valence-corrected chi connectivity index (χ1v) is 7.97. The van der Waals surface area contributed by atoms with E-state index in [1.807, 2.05) is 0 Å². The average Bonchev–Trinajstić information content (AvgIpc) is 3.13. The predicted octanol–water partition coefficient (Wildman–Crippen LogP) is 0.471. The lowest BCUT2D eigenvalue weighted by molar-refractivity contribution is -0.169. The molecule has 1 aromatic carbocycles. The lowest BCUT2D eigenvalue weighted by Gasteiger charge is -2.26. The Labute approximate surface area is 157 Å². The molecular formula is C15H12Cl2N2O7. The number of esters is 2. The Hall–Kier alpha value is -2.20. The van der Waals surface area contributed by atoms with Crippen molar-refractivity contribution in [2.24, 2.45) is 5.92 Å². The number of hydrogen-bond acceptors (Lipinski definition) is 8. The fourth-order valence-corrected chi connectivity index (χ4v) is 3.53. The summed E-state index contributed by atoms with van der Waals surface area (Å²) >= 11 is 11.9. The first-order chi connectivity index (χ1) is 12.3. The van der Waals surface area contributed by atoms with Gasteiger partial charge in [0.25, 0.3) is 11.4 Å². The molecule has 0 saturated carbocycles. The molecule has 1 N–H and O–H groups in total. The van der Waals surface area contributed by atoms with Gasteiger partial charge >= 0.3 is 11.9 Å². The number of hydroxylamine groups is 1. The number of hydrogen-bond donors (Lipinski definition) is 1. The number of halogens is 2. The molecule has 0 bridgehead atoms. The van der Waals surface area contributed by atoms with Crippen molar-refractivity contribution in [3.8, 4) is 0 Å². The number of amides is 2. The maximum atomic E-state index is 13.0. The van der Waals surface area contributed by atoms with Crippen molar-refractivity contribution in [1.29, 1.82) is 0 Å². The monoisotopic (exact) mass is 402 g/mol. The van der Waals surface area contributed by atoms with E-state index in [0.29, 0.717) is 5.02 Å². The molecule has 0 spiro atoms. The molecule has 2 aliphatic heterocycles. The number of methoxy groups -OCH3 is 2. The molecule has 0 aliphatic carbocycles. The molecule has 9 nitrogen and oxygen atoms in total. The zero-order chi connectivity index (χ0) is 19.2. The Balaban J connectivity index is 2.10. The predicted molar refractivity (Wildman–Crippen MR) is 87.2 cm³/mol. The van der Waals surface area contributed by atoms with Crippen molar-refractivity contribution in [1.82, 2.24) is 5.48 Å². The molecule has 0 aromatic heterocycles. The van der Waals surface area contributed by atoms with E-state index in [9.17, 15) is 19.2 Å². The van der Waals surface area contributed by atoms with Crippen molar-refractivity contribution in [3.63, 3.8) is 0 Å². The number of carbonyl (C=O) groups excluding carboxylic acids is 4. The SMILES string of the molecule is COC(=O)C1(C(=O)OC)NO[C@H]2C(=O)N(c3ccc(Cl)cc3Cl)C(=O)[C@H]21. The van der Waals surface area contributed by atoms with Gasteiger partial charge < -0.3 is 9.47 Å². The molecule has 0 radical (unpaired) electrons. The van der Waals surface area contributed by atoms with Gasteiger partial charge in [-0.05, 0) is 18.2 Å². The highest BCUT2D eigenvalue weighted by Crippen LogP contribution is 2.42. The van der Waals surface area contributed by atoms with E-state index >= 15 is 0 Å². The molecule has 0 unspecified atom stereocenters. The Kier molecular flexibility index (Phi) is 4.65. The van der Waals surface area contributed by atoms with Crippen LogP contribution in [-0.4, -0.2) is 49.6 Å². The molecule has 11 heteroatoms. The molecular weight excluding hydrogens is 391 g/mol. The van der Waals surface area contributed by atoms with Crippen molar-refractivity contribution >= 4 is 52.6 Å². The first-order valence-electron chi connectivity index (χ1n) is 7.22. The first kappa shape index (κ1) is 18.6. The summed E-state index contributed by atoms with van der Waals surface area (Å²) in [6, 6.07) is 4.15. The molecule has 2 saturated heterocycles. The highest BCUT2D eigenvalue weighted by molar-refractivity contribution is 6.38. The van der Waals surface area contributed by atoms with Gasteiger partial charge in [-0.3, -0.25) is 14.4 Å². The van der Waals surface area contributed by atoms with Crippen molar-refractivity contribution < 1.29 is 33.5 Å². The molecule has 2 amide bonds. The van der Waals surface area contributed by atoms with Crippen LogP contribution in [-0.2, 0) is 33.5 Å². The maximum Gasteiger partial charge on any atom is 0.341 e. The summed E-state index contributed by atoms with van der Waals surface area (Å²) in [6.07, 6.45) is -1.44. The van der Waals surface area contributed by atoms with Gasteiger partial charge in [0.15, 0.2) is 6.10 Å². The van der Waals surface area contributed by atoms with Crippen LogP contribution in [0.3, 0.4) is 0 Å². The summed E-state index contributed by atoms with van der Waals surface area (Å²) in [7, 11) is 2.05. The van der Waals surface area contributed by atoms with E-state index in [-0.39, 0.29) is 10.7 Å². The molecule has 1 aromatic rings. The normalized spacial score (nSPS) is 23.8. The van der Waals surface area contributed by atoms with Crippen molar-refractivity contribution in [2.45, 2.75) is 11.6 Å². The number of ether oxygens (including phenoxy) is 2. The number of benzene rings is 1. The van der Waals surface area contributed by atoms with E-state index in [0.717, 1.165) is 19.1 Å². The molecule has 138 valence electrons. The summed E-state index contributed by atoms with van der Waals surface area (Å²) in [5, 5.41) is 0.336. The lowest BCUT2D eigenvalue weighted by Crippen LogP contribution is -2.61. The summed E-state index contributed by atoms with van der Waals surface area (Å²) < 4.78 is 9.25. The highest BCUT2D eigenvalue weighted by Gasteiger charge is 2.72. The Morgan fingerprint density at radius 1 is 1.15 bits per heavy atom. The number of fused-ring (bicyclic) bond motifs is 1. The van der Waals surface area contributed by atoms with E-state index in [1.54, 1.807) is 0 Å². The van der Waals surface area contributed by atoms with Gasteiger partial charge in [0, 0.05) is 5.02 Å². The second kappa shape index (κ2) is 6.51. The van der Waals surface area contributed by atoms with Gasteiger partial charge in [0.1, 0.15) is 5.92 Å². The van der Waals surface area contributed by atoms with Crippen LogP contribution in [0, 0.1) is 5.92 Å². The minimum absolute atomic E-state index is 0.0360. The van der Waals surface area contributed by atoms with Crippen LogP contribution in [0.15, 0.2) is 18.2 Å². The number of rotatable bonds is 3. The molecule has 3 rings (SSSR count). The largest absolute Gasteiger partial charge is 0.467 e. The van der Waals surface area contributed by atoms with Crippen LogP contribution >= 0.6 is 23.2 Å². The van der Waals surface area contributed by atoms with Crippen LogP contribution in [0.1, 0.15) is 0 Å². The van der Waals surface area contributed by atoms with Gasteiger partial charge in [-0.1, -0.05) is 23.2 Å². The third-order valence-corrected chi connectivity index (χ3v) is 4.77. The summed E-state index contributed by atoms with van der Waals surface area (Å²) in [6.45, 7) is 0. The third kappa shape index (κ3) is 2.39. The van der Waals surface area contributed by atoms with Gasteiger partial charge in [-0.25, -0.2) is 14.5 Å². The van der Waals surface area contributed by atoms with E-state index in [1.165, 1.54) is 18.2 Å². The second-order valence-electron chi connectivity index (χ2n) is 5.52. The zero-order valence-corrected chi connectivity index (χ0v) is 15.0. The van der Waals surface area contributed by atoms with Gasteiger partial charge in [-0.15, -0.1) is 0 Å². The van der Waals surface area contributed by atoms with Crippen LogP contribution in [0.4, 0.5) is 5.69 Å². The van der Waals surface area contributed by atoms with Gasteiger partial charge in [0.05, 0.1) is 24.9 Å². The smallest absolute Gasteiger partial charge is 0.341 e. The van der Waals surface area contributed by atoms with E-state index in [4.69, 9.17) is 28.0 Å². The topological polar surface area (TPSA) is 111 Å². The summed E-state index contributed by atoms with van der Waals surface area (Å²) in [5.74, 6) is -5.44. The third-order valence-electron chi connectivity index (χ3n) is 4.23. The standard InChI is InChI=1S/C15H12Cl2N2O7/c1-24-13(22)15(14(23)25-2)9-10(26-18-15)12(21)19(11(9)20)8-4-3-6(16)5-7(8)17/h3-5,9-10,18H,1-2H3/t9-,10+/m0/s1. The molecule has 2 atom stereocenters. The lowest BCUT2D eigenvalue weighted by atomic mass is 9.82. The minimum atomic E-state index is -2.31. The van der Waals surface area contributed by atoms with E-state index < -0.39 is 41.3 Å². The molecule has 2 fully saturated rings. The van der Waals surface area contributed by atoms with Crippen LogP contribution in [0.5, 0.6) is 0 Å². The molecule has 26 heavy (non-hydrogen) atoms. The quantitative estimate of drug-likeness (QED) is 0.441. The van der Waals surface area contributed by atoms with Gasteiger partial charge in [-0.2, -0.15) is 5.48 Å². The summed E-state index contributed by atoms with van der Waals surface area (Å²) in [5.41, 5.74) is -0.104. The summed E-state index contributed by atoms with van der Waals surface area (Å²) in [4.78, 5) is 56.1. The van der Waals surface area contributed by atoms with Crippen LogP contribution < -0.4 is 10.4 Å². The number of carbonyl (C=O) groups is 4. The Bertz CT molecular complexity index is 812. The zero-order valence-electron chi connectivity index (χ0n) is 13.4. The fraction of sp³-hybridized carbons (Fsp3) is 0.333. The van der Waals surface area contributed by atoms with Crippen LogP contribution in [0.2, 0.25) is 10.0 Å². The Morgan fingerprint density at radius 3 is 2.31 bits per heavy atom. The highest BCUT2D eigenvalue weighted by atomic mass is 35.5. The number of nitrogens with one attached hydrogen (secondary N) is 1. The number of anilines is 1. The molecule has 2 heterocycles. The van der Waals surface area contributed by atoms with Crippen LogP contribution in [0.25, 0.3) is 0 Å². The van der Waals surface area contributed by atoms with Gasteiger partial charge in [0.2, 0.25) is 5.91 Å². The minimum Gasteiger partial charge on any atom is -0.467 e.